The van der Waals surface area contributed by atoms with Crippen molar-refractivity contribution in [3.8, 4) is 0 Å². The lowest BCUT2D eigenvalue weighted by atomic mass is 10.1. The molecule has 0 aromatic heterocycles. The molecule has 0 aliphatic carbocycles. The molecular weight excluding hydrogens is 366 g/mol. The molecule has 0 radical (unpaired) electrons. The molecule has 140 valence electrons. The van der Waals surface area contributed by atoms with Gasteiger partial charge in [0.15, 0.2) is 6.23 Å². The summed E-state index contributed by atoms with van der Waals surface area (Å²) in [5.74, 6) is 0. The van der Waals surface area contributed by atoms with Crippen LogP contribution in [-0.2, 0) is 11.3 Å². The van der Waals surface area contributed by atoms with Crippen molar-refractivity contribution in [3.63, 3.8) is 0 Å². The van der Waals surface area contributed by atoms with Gasteiger partial charge in [0.1, 0.15) is 0 Å². The van der Waals surface area contributed by atoms with Crippen LogP contribution in [0.5, 0.6) is 0 Å². The van der Waals surface area contributed by atoms with E-state index in [0.717, 1.165) is 11.1 Å². The summed E-state index contributed by atoms with van der Waals surface area (Å²) in [6.07, 6.45) is 2.10. The highest BCUT2D eigenvalue weighted by Gasteiger charge is 2.17. The number of ether oxygens (including phenoxy) is 1. The van der Waals surface area contributed by atoms with E-state index in [1.54, 1.807) is 36.2 Å². The number of nitrogens with zero attached hydrogens (tertiary/aromatic N) is 2. The molecule has 2 N–H and O–H groups in total. The molecule has 0 saturated heterocycles. The SMILES string of the molecule is CCOC(=O)Nc1cccc(CN2N=C(c3cccc(Cl)c3)C=CC2O)c1. The lowest BCUT2D eigenvalue weighted by molar-refractivity contribution is 0.0358. The molecule has 3 rings (SSSR count). The molecule has 27 heavy (non-hydrogen) atoms. The number of anilines is 1. The van der Waals surface area contributed by atoms with Gasteiger partial charge in [-0.05, 0) is 48.9 Å². The largest absolute Gasteiger partial charge is 0.450 e. The predicted octanol–water partition coefficient (Wildman–Crippen LogP) is 4.00. The van der Waals surface area contributed by atoms with E-state index in [0.29, 0.717) is 29.6 Å². The maximum Gasteiger partial charge on any atom is 0.411 e. The van der Waals surface area contributed by atoms with Gasteiger partial charge in [-0.15, -0.1) is 0 Å². The number of hydrogen-bond acceptors (Lipinski definition) is 5. The highest BCUT2D eigenvalue weighted by Crippen LogP contribution is 2.19. The van der Waals surface area contributed by atoms with Gasteiger partial charge >= 0.3 is 6.09 Å². The van der Waals surface area contributed by atoms with Gasteiger partial charge in [-0.1, -0.05) is 35.9 Å². The van der Waals surface area contributed by atoms with Crippen LogP contribution in [0.3, 0.4) is 0 Å². The van der Waals surface area contributed by atoms with Crippen molar-refractivity contribution in [2.75, 3.05) is 11.9 Å². The molecule has 1 aliphatic heterocycles. The minimum Gasteiger partial charge on any atom is -0.450 e. The number of halogens is 1. The molecule has 6 nitrogen and oxygen atoms in total. The second-order valence-electron chi connectivity index (χ2n) is 5.91. The van der Waals surface area contributed by atoms with Crippen LogP contribution in [0.15, 0.2) is 65.8 Å². The third-order valence-corrected chi connectivity index (χ3v) is 4.12. The Hall–Kier alpha value is -2.83. The van der Waals surface area contributed by atoms with Crippen molar-refractivity contribution in [3.05, 3.63) is 76.8 Å². The average molecular weight is 386 g/mol. The first-order chi connectivity index (χ1) is 13.0. The average Bonchev–Trinajstić information content (AvgIpc) is 2.64. The van der Waals surface area contributed by atoms with Gasteiger partial charge in [0.2, 0.25) is 0 Å². The molecule has 1 atom stereocenters. The fraction of sp³-hybridized carbons (Fsp3) is 0.200. The molecule has 0 spiro atoms. The van der Waals surface area contributed by atoms with Gasteiger partial charge in [-0.2, -0.15) is 5.10 Å². The summed E-state index contributed by atoms with van der Waals surface area (Å²) in [4.78, 5) is 11.6. The fourth-order valence-corrected chi connectivity index (χ4v) is 2.85. The zero-order valence-corrected chi connectivity index (χ0v) is 15.6. The molecule has 0 fully saturated rings. The van der Waals surface area contributed by atoms with Crippen molar-refractivity contribution in [1.29, 1.82) is 0 Å². The van der Waals surface area contributed by atoms with Gasteiger partial charge < -0.3 is 9.84 Å². The smallest absolute Gasteiger partial charge is 0.411 e. The lowest BCUT2D eigenvalue weighted by Crippen LogP contribution is -2.32. The number of benzene rings is 2. The summed E-state index contributed by atoms with van der Waals surface area (Å²) in [5.41, 5.74) is 3.08. The zero-order chi connectivity index (χ0) is 19.2. The first-order valence-corrected chi connectivity index (χ1v) is 8.93. The van der Waals surface area contributed by atoms with E-state index in [4.69, 9.17) is 16.3 Å². The summed E-state index contributed by atoms with van der Waals surface area (Å²) >= 11 is 6.05. The minimum absolute atomic E-state index is 0.304. The van der Waals surface area contributed by atoms with Crippen LogP contribution >= 0.6 is 11.6 Å². The molecule has 2 aromatic rings. The van der Waals surface area contributed by atoms with Gasteiger partial charge in [0, 0.05) is 16.3 Å². The summed E-state index contributed by atoms with van der Waals surface area (Å²) < 4.78 is 4.88. The first-order valence-electron chi connectivity index (χ1n) is 8.55. The van der Waals surface area contributed by atoms with Crippen LogP contribution in [0.2, 0.25) is 5.02 Å². The number of allylic oxidation sites excluding steroid dienone is 1. The van der Waals surface area contributed by atoms with Crippen molar-refractivity contribution in [1.82, 2.24) is 5.01 Å². The van der Waals surface area contributed by atoms with Crippen molar-refractivity contribution in [2.45, 2.75) is 19.7 Å². The molecule has 7 heteroatoms. The summed E-state index contributed by atoms with van der Waals surface area (Å²) in [7, 11) is 0. The number of amides is 1. The van der Waals surface area contributed by atoms with Crippen LogP contribution in [0.25, 0.3) is 0 Å². The van der Waals surface area contributed by atoms with Crippen molar-refractivity contribution >= 4 is 29.1 Å². The van der Waals surface area contributed by atoms with Crippen LogP contribution in [0.1, 0.15) is 18.1 Å². The predicted molar refractivity (Wildman–Crippen MR) is 106 cm³/mol. The number of nitrogens with one attached hydrogen (secondary N) is 1. The minimum atomic E-state index is -0.838. The molecule has 1 heterocycles. The van der Waals surface area contributed by atoms with E-state index < -0.39 is 12.3 Å². The van der Waals surface area contributed by atoms with Crippen LogP contribution < -0.4 is 5.32 Å². The highest BCUT2D eigenvalue weighted by molar-refractivity contribution is 6.31. The van der Waals surface area contributed by atoms with Gasteiger partial charge in [-0.25, -0.2) is 4.79 Å². The summed E-state index contributed by atoms with van der Waals surface area (Å²) in [6, 6.07) is 14.7. The van der Waals surface area contributed by atoms with Crippen LogP contribution in [0.4, 0.5) is 10.5 Å². The lowest BCUT2D eigenvalue weighted by Gasteiger charge is -2.27. The Morgan fingerprint density at radius 3 is 2.89 bits per heavy atom. The highest BCUT2D eigenvalue weighted by atomic mass is 35.5. The molecule has 1 amide bonds. The van der Waals surface area contributed by atoms with Crippen molar-refractivity contribution < 1.29 is 14.6 Å². The number of aliphatic hydroxyl groups excluding tert-OH is 1. The van der Waals surface area contributed by atoms with Gasteiger partial charge in [-0.3, -0.25) is 10.3 Å². The molecule has 1 unspecified atom stereocenters. The van der Waals surface area contributed by atoms with E-state index in [9.17, 15) is 9.90 Å². The monoisotopic (exact) mass is 385 g/mol. The Morgan fingerprint density at radius 2 is 2.11 bits per heavy atom. The Labute approximate surface area is 162 Å². The van der Waals surface area contributed by atoms with Crippen molar-refractivity contribution in [2.24, 2.45) is 5.10 Å². The second kappa shape index (κ2) is 8.70. The van der Waals surface area contributed by atoms with Crippen LogP contribution in [0, 0.1) is 0 Å². The van der Waals surface area contributed by atoms with Gasteiger partial charge in [0.25, 0.3) is 0 Å². The number of hydrazone groups is 1. The Kier molecular flexibility index (Phi) is 6.11. The Morgan fingerprint density at radius 1 is 1.30 bits per heavy atom. The molecule has 0 bridgehead atoms. The quantitative estimate of drug-likeness (QED) is 0.815. The fourth-order valence-electron chi connectivity index (χ4n) is 2.66. The molecular formula is C20H20ClN3O3. The van der Waals surface area contributed by atoms with E-state index >= 15 is 0 Å². The normalized spacial score (nSPS) is 16.0. The standard InChI is InChI=1S/C20H20ClN3O3/c1-2-27-20(26)22-17-8-3-5-14(11-17)13-24-19(25)10-9-18(23-24)15-6-4-7-16(21)12-15/h3-12,19,25H,2,13H2,1H3,(H,22,26). The number of hydrogen-bond donors (Lipinski definition) is 2. The van der Waals surface area contributed by atoms with Crippen LogP contribution in [-0.4, -0.2) is 34.8 Å². The first kappa shape index (κ1) is 18.9. The maximum atomic E-state index is 11.6. The summed E-state index contributed by atoms with van der Waals surface area (Å²) in [6.45, 7) is 2.42. The van der Waals surface area contributed by atoms with Gasteiger partial charge in [0.05, 0.1) is 18.9 Å². The topological polar surface area (TPSA) is 74.2 Å². The molecule has 1 aliphatic rings. The number of aliphatic hydroxyl groups is 1. The maximum absolute atomic E-state index is 11.6. The molecule has 2 aromatic carbocycles. The number of rotatable bonds is 5. The number of carbonyl (C=O) groups is 1. The van der Waals surface area contributed by atoms with E-state index in [-0.39, 0.29) is 0 Å². The zero-order valence-electron chi connectivity index (χ0n) is 14.8. The van der Waals surface area contributed by atoms with E-state index in [1.165, 1.54) is 0 Å². The summed E-state index contributed by atoms with van der Waals surface area (Å²) in [5, 5.41) is 19.6. The third-order valence-electron chi connectivity index (χ3n) is 3.88. The Bertz CT molecular complexity index is 882. The third kappa shape index (κ3) is 5.09. The second-order valence-corrected chi connectivity index (χ2v) is 6.35. The Balaban J connectivity index is 1.76. The molecule has 0 saturated carbocycles. The van der Waals surface area contributed by atoms with E-state index in [1.807, 2.05) is 36.4 Å². The number of carbonyl (C=O) groups excluding carboxylic acids is 1. The van der Waals surface area contributed by atoms with E-state index in [2.05, 4.69) is 10.4 Å².